The van der Waals surface area contributed by atoms with Crippen LogP contribution in [0.4, 0.5) is 5.69 Å². The highest BCUT2D eigenvalue weighted by Crippen LogP contribution is 2.27. The smallest absolute Gasteiger partial charge is 0.242 e. The van der Waals surface area contributed by atoms with E-state index in [9.17, 15) is 14.4 Å². The Morgan fingerprint density at radius 1 is 1.10 bits per heavy atom. The fourth-order valence-electron chi connectivity index (χ4n) is 4.04. The summed E-state index contributed by atoms with van der Waals surface area (Å²) in [5.74, 6) is -0.244. The third-order valence-corrected chi connectivity index (χ3v) is 5.83. The molecule has 7 nitrogen and oxygen atoms in total. The molecule has 7 heteroatoms. The van der Waals surface area contributed by atoms with Crippen molar-refractivity contribution in [2.75, 3.05) is 18.6 Å². The zero-order chi connectivity index (χ0) is 20.8. The van der Waals surface area contributed by atoms with Gasteiger partial charge in [0.2, 0.25) is 17.7 Å². The summed E-state index contributed by atoms with van der Waals surface area (Å²) in [7, 11) is 1.59. The van der Waals surface area contributed by atoms with Gasteiger partial charge < -0.3 is 20.3 Å². The van der Waals surface area contributed by atoms with E-state index in [1.165, 1.54) is 12.8 Å². The lowest BCUT2D eigenvalue weighted by atomic mass is 10.1. The molecule has 2 N–H and O–H groups in total. The second-order valence-corrected chi connectivity index (χ2v) is 8.03. The van der Waals surface area contributed by atoms with Crippen molar-refractivity contribution < 1.29 is 19.1 Å². The summed E-state index contributed by atoms with van der Waals surface area (Å²) in [6, 6.07) is 6.77. The maximum absolute atomic E-state index is 12.6. The summed E-state index contributed by atoms with van der Waals surface area (Å²) in [6.07, 6.45) is 6.86. The minimum Gasteiger partial charge on any atom is -0.497 e. The van der Waals surface area contributed by atoms with Gasteiger partial charge >= 0.3 is 0 Å². The number of hydrogen-bond donors (Lipinski definition) is 2. The van der Waals surface area contributed by atoms with Crippen molar-refractivity contribution in [3.05, 3.63) is 24.3 Å². The van der Waals surface area contributed by atoms with Crippen molar-refractivity contribution in [1.29, 1.82) is 0 Å². The van der Waals surface area contributed by atoms with Crippen LogP contribution in [0.15, 0.2) is 24.3 Å². The third kappa shape index (κ3) is 5.49. The summed E-state index contributed by atoms with van der Waals surface area (Å²) < 4.78 is 5.14. The molecule has 1 aliphatic carbocycles. The summed E-state index contributed by atoms with van der Waals surface area (Å²) in [4.78, 5) is 39.1. The van der Waals surface area contributed by atoms with Crippen LogP contribution in [0, 0.1) is 5.92 Å². The van der Waals surface area contributed by atoms with E-state index >= 15 is 0 Å². The highest BCUT2D eigenvalue weighted by atomic mass is 16.5. The molecule has 29 heavy (non-hydrogen) atoms. The van der Waals surface area contributed by atoms with Gasteiger partial charge in [-0.3, -0.25) is 14.4 Å². The quantitative estimate of drug-likeness (QED) is 0.717. The van der Waals surface area contributed by atoms with Gasteiger partial charge in [0.1, 0.15) is 11.8 Å². The molecule has 3 amide bonds. The largest absolute Gasteiger partial charge is 0.497 e. The van der Waals surface area contributed by atoms with Crippen molar-refractivity contribution in [3.8, 4) is 5.75 Å². The SMILES string of the molecule is COc1ccc(N2CC(C(=O)N[C@@H](C)C(=O)NC3CCCCCC3)CC2=O)cc1. The van der Waals surface area contributed by atoms with Crippen molar-refractivity contribution in [1.82, 2.24) is 10.6 Å². The Morgan fingerprint density at radius 2 is 1.76 bits per heavy atom. The van der Waals surface area contributed by atoms with Crippen LogP contribution in [0.25, 0.3) is 0 Å². The van der Waals surface area contributed by atoms with E-state index in [4.69, 9.17) is 4.74 Å². The van der Waals surface area contributed by atoms with Crippen LogP contribution in [0.5, 0.6) is 5.75 Å². The number of anilines is 1. The van der Waals surface area contributed by atoms with Crippen LogP contribution < -0.4 is 20.3 Å². The van der Waals surface area contributed by atoms with Crippen LogP contribution in [0.1, 0.15) is 51.9 Å². The summed E-state index contributed by atoms with van der Waals surface area (Å²) in [5, 5.41) is 5.85. The Bertz CT molecular complexity index is 726. The molecule has 1 saturated carbocycles. The van der Waals surface area contributed by atoms with Gasteiger partial charge in [-0.15, -0.1) is 0 Å². The van der Waals surface area contributed by atoms with Gasteiger partial charge in [0.15, 0.2) is 0 Å². The van der Waals surface area contributed by atoms with Crippen LogP contribution in [0.2, 0.25) is 0 Å². The lowest BCUT2D eigenvalue weighted by Crippen LogP contribution is -2.49. The molecule has 1 saturated heterocycles. The molecule has 2 fully saturated rings. The molecule has 1 unspecified atom stereocenters. The molecule has 158 valence electrons. The molecule has 1 aliphatic heterocycles. The van der Waals surface area contributed by atoms with Crippen molar-refractivity contribution >= 4 is 23.4 Å². The number of amides is 3. The zero-order valence-electron chi connectivity index (χ0n) is 17.3. The maximum Gasteiger partial charge on any atom is 0.242 e. The van der Waals surface area contributed by atoms with E-state index in [0.29, 0.717) is 12.3 Å². The van der Waals surface area contributed by atoms with Crippen LogP contribution in [-0.4, -0.2) is 43.5 Å². The van der Waals surface area contributed by atoms with Gasteiger partial charge in [0.25, 0.3) is 0 Å². The second-order valence-electron chi connectivity index (χ2n) is 8.03. The first-order valence-electron chi connectivity index (χ1n) is 10.5. The summed E-state index contributed by atoms with van der Waals surface area (Å²) in [5.41, 5.74) is 0.741. The van der Waals surface area contributed by atoms with Gasteiger partial charge in [0, 0.05) is 24.7 Å². The molecule has 0 spiro atoms. The number of nitrogens with one attached hydrogen (secondary N) is 2. The average Bonchev–Trinajstić information content (AvgIpc) is 2.93. The summed E-state index contributed by atoms with van der Waals surface area (Å²) in [6.45, 7) is 2.01. The number of rotatable bonds is 6. The van der Waals surface area contributed by atoms with Crippen LogP contribution in [0.3, 0.4) is 0 Å². The molecular formula is C22H31N3O4. The van der Waals surface area contributed by atoms with Gasteiger partial charge in [-0.1, -0.05) is 25.7 Å². The number of carbonyl (C=O) groups is 3. The predicted octanol–water partition coefficient (Wildman–Crippen LogP) is 2.39. The molecule has 2 atom stereocenters. The highest BCUT2D eigenvalue weighted by molar-refractivity contribution is 6.01. The molecular weight excluding hydrogens is 370 g/mol. The number of carbonyl (C=O) groups excluding carboxylic acids is 3. The van der Waals surface area contributed by atoms with Crippen LogP contribution >= 0.6 is 0 Å². The number of ether oxygens (including phenoxy) is 1. The molecule has 2 aliphatic rings. The molecule has 3 rings (SSSR count). The van der Waals surface area contributed by atoms with E-state index in [2.05, 4.69) is 10.6 Å². The third-order valence-electron chi connectivity index (χ3n) is 5.83. The first kappa shape index (κ1) is 21.1. The Kier molecular flexibility index (Phi) is 7.12. The molecule has 0 radical (unpaired) electrons. The monoisotopic (exact) mass is 401 g/mol. The van der Waals surface area contributed by atoms with Gasteiger partial charge in [-0.2, -0.15) is 0 Å². The summed E-state index contributed by atoms with van der Waals surface area (Å²) >= 11 is 0. The normalized spacial score (nSPS) is 21.4. The Morgan fingerprint density at radius 3 is 2.38 bits per heavy atom. The number of methoxy groups -OCH3 is 1. The first-order valence-corrected chi connectivity index (χ1v) is 10.5. The second kappa shape index (κ2) is 9.76. The van der Waals surface area contributed by atoms with E-state index < -0.39 is 12.0 Å². The Hall–Kier alpha value is -2.57. The van der Waals surface area contributed by atoms with Crippen molar-refractivity contribution in [2.24, 2.45) is 5.92 Å². The lowest BCUT2D eigenvalue weighted by molar-refractivity contribution is -0.131. The molecule has 1 aromatic carbocycles. The van der Waals surface area contributed by atoms with Crippen molar-refractivity contribution in [2.45, 2.75) is 64.0 Å². The number of benzene rings is 1. The molecule has 1 heterocycles. The molecule has 1 aromatic rings. The fraction of sp³-hybridized carbons (Fsp3) is 0.591. The first-order chi connectivity index (χ1) is 14.0. The highest BCUT2D eigenvalue weighted by Gasteiger charge is 2.36. The van der Waals surface area contributed by atoms with E-state index in [-0.39, 0.29) is 30.2 Å². The Labute approximate surface area is 172 Å². The zero-order valence-corrected chi connectivity index (χ0v) is 17.3. The lowest BCUT2D eigenvalue weighted by Gasteiger charge is -2.21. The van der Waals surface area contributed by atoms with Gasteiger partial charge in [-0.25, -0.2) is 0 Å². The number of hydrogen-bond acceptors (Lipinski definition) is 4. The minimum atomic E-state index is -0.615. The van der Waals surface area contributed by atoms with Crippen LogP contribution in [-0.2, 0) is 14.4 Å². The average molecular weight is 402 g/mol. The van der Waals surface area contributed by atoms with Gasteiger partial charge in [-0.05, 0) is 44.0 Å². The van der Waals surface area contributed by atoms with Crippen molar-refractivity contribution in [3.63, 3.8) is 0 Å². The van der Waals surface area contributed by atoms with E-state index in [0.717, 1.165) is 31.4 Å². The minimum absolute atomic E-state index is 0.0918. The maximum atomic E-state index is 12.6. The molecule has 0 bridgehead atoms. The predicted molar refractivity (Wildman–Crippen MR) is 111 cm³/mol. The fourth-order valence-corrected chi connectivity index (χ4v) is 4.04. The topological polar surface area (TPSA) is 87.7 Å². The van der Waals surface area contributed by atoms with E-state index in [1.54, 1.807) is 43.2 Å². The van der Waals surface area contributed by atoms with Gasteiger partial charge in [0.05, 0.1) is 13.0 Å². The standard InChI is InChI=1S/C22H31N3O4/c1-15(21(27)24-17-7-5-3-4-6-8-17)23-22(28)16-13-20(26)25(14-16)18-9-11-19(29-2)12-10-18/h9-12,15-17H,3-8,13-14H2,1-2H3,(H,23,28)(H,24,27)/t15-,16?/m0/s1. The van der Waals surface area contributed by atoms with E-state index in [1.807, 2.05) is 0 Å². The molecule has 0 aromatic heterocycles. The number of nitrogens with zero attached hydrogens (tertiary/aromatic N) is 1. The Balaban J connectivity index is 1.52.